The zero-order valence-electron chi connectivity index (χ0n) is 12.2. The zero-order valence-corrected chi connectivity index (χ0v) is 12.2. The second kappa shape index (κ2) is 5.54. The summed E-state index contributed by atoms with van der Waals surface area (Å²) in [4.78, 5) is 13.5. The third-order valence-electron chi connectivity index (χ3n) is 4.49. The SMILES string of the molecule is CCC1(C(=O)O)CCN(CC(C)(O)c2ccccc2)C1. The maximum Gasteiger partial charge on any atom is 0.310 e. The van der Waals surface area contributed by atoms with Crippen molar-refractivity contribution >= 4 is 5.97 Å². The number of carboxylic acids is 1. The summed E-state index contributed by atoms with van der Waals surface area (Å²) in [5, 5.41) is 20.0. The van der Waals surface area contributed by atoms with E-state index in [9.17, 15) is 15.0 Å². The van der Waals surface area contributed by atoms with Crippen molar-refractivity contribution < 1.29 is 15.0 Å². The lowest BCUT2D eigenvalue weighted by atomic mass is 9.84. The molecule has 1 saturated heterocycles. The first kappa shape index (κ1) is 15.0. The van der Waals surface area contributed by atoms with Crippen LogP contribution in [0.5, 0.6) is 0 Å². The van der Waals surface area contributed by atoms with Gasteiger partial charge in [0.2, 0.25) is 0 Å². The highest BCUT2D eigenvalue weighted by atomic mass is 16.4. The molecular weight excluding hydrogens is 254 g/mol. The number of aliphatic hydroxyl groups is 1. The maximum absolute atomic E-state index is 11.4. The Morgan fingerprint density at radius 1 is 1.40 bits per heavy atom. The summed E-state index contributed by atoms with van der Waals surface area (Å²) < 4.78 is 0. The number of benzene rings is 1. The number of nitrogens with zero attached hydrogens (tertiary/aromatic N) is 1. The van der Waals surface area contributed by atoms with Crippen LogP contribution in [0.25, 0.3) is 0 Å². The number of β-amino-alcohol motifs (C(OH)–C–C–N with tert-alkyl or cyclic N) is 1. The Kier molecular flexibility index (Phi) is 4.16. The van der Waals surface area contributed by atoms with Crippen molar-refractivity contribution in [3.05, 3.63) is 35.9 Å². The van der Waals surface area contributed by atoms with Crippen LogP contribution in [-0.2, 0) is 10.4 Å². The molecule has 2 N–H and O–H groups in total. The van der Waals surface area contributed by atoms with Crippen LogP contribution in [0.2, 0.25) is 0 Å². The molecule has 2 unspecified atom stereocenters. The lowest BCUT2D eigenvalue weighted by Gasteiger charge is -2.30. The highest BCUT2D eigenvalue weighted by Gasteiger charge is 2.44. The molecule has 0 radical (unpaired) electrons. The van der Waals surface area contributed by atoms with Gasteiger partial charge in [0.05, 0.1) is 11.0 Å². The molecule has 0 amide bonds. The van der Waals surface area contributed by atoms with E-state index in [1.54, 1.807) is 6.92 Å². The predicted octanol–water partition coefficient (Wildman–Crippen LogP) is 2.08. The number of hydrogen-bond acceptors (Lipinski definition) is 3. The van der Waals surface area contributed by atoms with Crippen LogP contribution in [0.1, 0.15) is 32.3 Å². The molecule has 0 aromatic heterocycles. The van der Waals surface area contributed by atoms with E-state index in [1.165, 1.54) is 0 Å². The van der Waals surface area contributed by atoms with E-state index in [4.69, 9.17) is 0 Å². The average Bonchev–Trinajstić information content (AvgIpc) is 2.84. The van der Waals surface area contributed by atoms with E-state index < -0.39 is 17.0 Å². The van der Waals surface area contributed by atoms with E-state index >= 15 is 0 Å². The van der Waals surface area contributed by atoms with Crippen LogP contribution in [0.3, 0.4) is 0 Å². The summed E-state index contributed by atoms with van der Waals surface area (Å²) in [5.74, 6) is -0.721. The molecule has 110 valence electrons. The molecule has 1 aliphatic rings. The highest BCUT2D eigenvalue weighted by molar-refractivity contribution is 5.75. The van der Waals surface area contributed by atoms with Gasteiger partial charge in [0.15, 0.2) is 0 Å². The molecule has 2 rings (SSSR count). The van der Waals surface area contributed by atoms with Crippen molar-refractivity contribution in [1.82, 2.24) is 4.90 Å². The van der Waals surface area contributed by atoms with Crippen LogP contribution in [0.15, 0.2) is 30.3 Å². The molecule has 0 saturated carbocycles. The van der Waals surface area contributed by atoms with Gasteiger partial charge in [-0.3, -0.25) is 9.69 Å². The first-order valence-corrected chi connectivity index (χ1v) is 7.13. The van der Waals surface area contributed by atoms with Crippen LogP contribution in [0, 0.1) is 5.41 Å². The zero-order chi connectivity index (χ0) is 14.8. The summed E-state index contributed by atoms with van der Waals surface area (Å²) in [6.45, 7) is 5.42. The Balaban J connectivity index is 2.07. The van der Waals surface area contributed by atoms with Crippen LogP contribution >= 0.6 is 0 Å². The fraction of sp³-hybridized carbons (Fsp3) is 0.562. The van der Waals surface area contributed by atoms with E-state index in [-0.39, 0.29) is 0 Å². The Morgan fingerprint density at radius 3 is 2.55 bits per heavy atom. The van der Waals surface area contributed by atoms with Gasteiger partial charge >= 0.3 is 5.97 Å². The van der Waals surface area contributed by atoms with Gasteiger partial charge in [-0.15, -0.1) is 0 Å². The number of likely N-dealkylation sites (tertiary alicyclic amines) is 1. The molecule has 0 bridgehead atoms. The van der Waals surface area contributed by atoms with E-state index in [0.29, 0.717) is 25.9 Å². The van der Waals surface area contributed by atoms with Crippen molar-refractivity contribution in [2.24, 2.45) is 5.41 Å². The summed E-state index contributed by atoms with van der Waals surface area (Å²) in [6.07, 6.45) is 1.29. The normalized spacial score (nSPS) is 26.4. The van der Waals surface area contributed by atoms with Gasteiger partial charge in [0, 0.05) is 13.1 Å². The van der Waals surface area contributed by atoms with Crippen molar-refractivity contribution in [3.63, 3.8) is 0 Å². The quantitative estimate of drug-likeness (QED) is 0.865. The van der Waals surface area contributed by atoms with Crippen LogP contribution < -0.4 is 0 Å². The predicted molar refractivity (Wildman–Crippen MR) is 77.4 cm³/mol. The van der Waals surface area contributed by atoms with Crippen molar-refractivity contribution in [1.29, 1.82) is 0 Å². The third-order valence-corrected chi connectivity index (χ3v) is 4.49. The lowest BCUT2D eigenvalue weighted by Crippen LogP contribution is -2.40. The molecule has 1 aromatic carbocycles. The molecule has 1 fully saturated rings. The summed E-state index contributed by atoms with van der Waals surface area (Å²) >= 11 is 0. The second-order valence-corrected chi connectivity index (χ2v) is 6.04. The summed E-state index contributed by atoms with van der Waals surface area (Å²) in [7, 11) is 0. The molecule has 20 heavy (non-hydrogen) atoms. The Bertz CT molecular complexity index is 472. The van der Waals surface area contributed by atoms with Crippen LogP contribution in [0.4, 0.5) is 0 Å². The summed E-state index contributed by atoms with van der Waals surface area (Å²) in [6, 6.07) is 9.53. The van der Waals surface area contributed by atoms with Gasteiger partial charge in [-0.05, 0) is 31.9 Å². The van der Waals surface area contributed by atoms with Crippen molar-refractivity contribution in [2.75, 3.05) is 19.6 Å². The van der Waals surface area contributed by atoms with Gasteiger partial charge in [0.25, 0.3) is 0 Å². The molecule has 0 spiro atoms. The highest BCUT2D eigenvalue weighted by Crippen LogP contribution is 2.35. The minimum absolute atomic E-state index is 0.464. The molecule has 1 aliphatic heterocycles. The minimum Gasteiger partial charge on any atom is -0.481 e. The number of carboxylic acid groups (broad SMARTS) is 1. The first-order chi connectivity index (χ1) is 9.39. The van der Waals surface area contributed by atoms with Crippen LogP contribution in [-0.4, -0.2) is 40.7 Å². The van der Waals surface area contributed by atoms with Gasteiger partial charge < -0.3 is 10.2 Å². The van der Waals surface area contributed by atoms with Crippen molar-refractivity contribution in [3.8, 4) is 0 Å². The largest absolute Gasteiger partial charge is 0.481 e. The van der Waals surface area contributed by atoms with Gasteiger partial charge in [0.1, 0.15) is 0 Å². The summed E-state index contributed by atoms with van der Waals surface area (Å²) in [5.41, 5.74) is -0.736. The maximum atomic E-state index is 11.4. The molecule has 2 atom stereocenters. The van der Waals surface area contributed by atoms with Gasteiger partial charge in [-0.2, -0.15) is 0 Å². The molecule has 4 nitrogen and oxygen atoms in total. The number of hydrogen-bond donors (Lipinski definition) is 2. The topological polar surface area (TPSA) is 60.8 Å². The second-order valence-electron chi connectivity index (χ2n) is 6.04. The van der Waals surface area contributed by atoms with Gasteiger partial charge in [-0.25, -0.2) is 0 Å². The fourth-order valence-electron chi connectivity index (χ4n) is 3.03. The molecule has 0 aliphatic carbocycles. The smallest absolute Gasteiger partial charge is 0.310 e. The number of rotatable bonds is 5. The Labute approximate surface area is 120 Å². The van der Waals surface area contributed by atoms with E-state index in [1.807, 2.05) is 37.3 Å². The third kappa shape index (κ3) is 2.86. The average molecular weight is 277 g/mol. The Hall–Kier alpha value is -1.39. The molecule has 1 heterocycles. The van der Waals surface area contributed by atoms with Crippen molar-refractivity contribution in [2.45, 2.75) is 32.3 Å². The van der Waals surface area contributed by atoms with E-state index in [2.05, 4.69) is 4.90 Å². The first-order valence-electron chi connectivity index (χ1n) is 7.13. The standard InChI is InChI=1S/C16H23NO3/c1-3-16(14(18)19)9-10-17(12-16)11-15(2,20)13-7-5-4-6-8-13/h4-8,20H,3,9-12H2,1-2H3,(H,18,19). The molecule has 4 heteroatoms. The van der Waals surface area contributed by atoms with E-state index in [0.717, 1.165) is 12.1 Å². The molecule has 1 aromatic rings. The van der Waals surface area contributed by atoms with Gasteiger partial charge in [-0.1, -0.05) is 37.3 Å². The number of carbonyl (C=O) groups is 1. The molecular formula is C16H23NO3. The monoisotopic (exact) mass is 277 g/mol. The Morgan fingerprint density at radius 2 is 2.05 bits per heavy atom. The number of aliphatic carboxylic acids is 1. The fourth-order valence-corrected chi connectivity index (χ4v) is 3.03. The minimum atomic E-state index is -0.955. The lowest BCUT2D eigenvalue weighted by molar-refractivity contribution is -0.148.